The second kappa shape index (κ2) is 8.70. The number of halogens is 3. The van der Waals surface area contributed by atoms with Gasteiger partial charge in [-0.2, -0.15) is 0 Å². The van der Waals surface area contributed by atoms with E-state index < -0.39 is 17.7 Å². The van der Waals surface area contributed by atoms with Crippen molar-refractivity contribution in [3.8, 4) is 17.2 Å². The van der Waals surface area contributed by atoms with Crippen molar-refractivity contribution >= 4 is 58.2 Å². The molecule has 0 aromatic heterocycles. The molecule has 1 fully saturated rings. The number of phenolic OH excluding ortho intramolecular Hbond substituents is 1. The maximum Gasteiger partial charge on any atom is 0.329 e. The number of anilines is 1. The highest BCUT2D eigenvalue weighted by Crippen LogP contribution is 2.41. The Bertz CT molecular complexity index is 1240. The molecular weight excluding hydrogens is 479 g/mol. The molecule has 1 saturated heterocycles. The molecule has 7 nitrogen and oxygen atoms in total. The monoisotopic (exact) mass is 490 g/mol. The normalized spacial score (nSPS) is 13.3. The van der Waals surface area contributed by atoms with E-state index >= 15 is 0 Å². The molecule has 0 unspecified atom stereocenters. The van der Waals surface area contributed by atoms with Crippen LogP contribution in [0.1, 0.15) is 15.9 Å². The summed E-state index contributed by atoms with van der Waals surface area (Å²) >= 11 is 18.5. The Morgan fingerprint density at radius 2 is 1.72 bits per heavy atom. The van der Waals surface area contributed by atoms with Crippen LogP contribution in [0.15, 0.2) is 54.6 Å². The van der Waals surface area contributed by atoms with Crippen molar-refractivity contribution in [1.29, 1.82) is 0 Å². The van der Waals surface area contributed by atoms with Crippen LogP contribution in [0.25, 0.3) is 0 Å². The summed E-state index contributed by atoms with van der Waals surface area (Å²) in [5, 5.41) is 13.0. The van der Waals surface area contributed by atoms with Gasteiger partial charge >= 0.3 is 6.03 Å². The molecule has 0 aliphatic carbocycles. The van der Waals surface area contributed by atoms with E-state index in [1.807, 2.05) is 0 Å². The number of carbonyl (C=O) groups excluding carboxylic acids is 3. The minimum atomic E-state index is -0.585. The molecule has 3 aromatic carbocycles. The highest BCUT2D eigenvalue weighted by atomic mass is 35.5. The van der Waals surface area contributed by atoms with Crippen molar-refractivity contribution in [2.45, 2.75) is 0 Å². The van der Waals surface area contributed by atoms with Crippen LogP contribution in [0.3, 0.4) is 0 Å². The largest absolute Gasteiger partial charge is 0.507 e. The van der Waals surface area contributed by atoms with E-state index in [1.54, 1.807) is 18.2 Å². The van der Waals surface area contributed by atoms with Gasteiger partial charge in [-0.25, -0.2) is 9.69 Å². The summed E-state index contributed by atoms with van der Waals surface area (Å²) in [6.07, 6.45) is 0. The molecular formula is C22H13Cl3N2O5. The number of urea groups is 1. The predicted octanol–water partition coefficient (Wildman–Crippen LogP) is 5.43. The number of ketones is 1. The number of hydrogen-bond acceptors (Lipinski definition) is 5. The first-order valence-corrected chi connectivity index (χ1v) is 10.3. The molecule has 1 aliphatic rings. The molecule has 32 heavy (non-hydrogen) atoms. The topological polar surface area (TPSA) is 95.9 Å². The van der Waals surface area contributed by atoms with Crippen molar-refractivity contribution in [2.24, 2.45) is 0 Å². The first kappa shape index (κ1) is 22.0. The van der Waals surface area contributed by atoms with E-state index in [0.717, 1.165) is 4.90 Å². The SMILES string of the molecule is O=C(c1cccc(Cl)c1)c1cc(Oc2c(Cl)cc(N3C(=O)CNC3=O)cc2Cl)ccc1O. The number of phenols is 1. The zero-order valence-corrected chi connectivity index (χ0v) is 18.3. The third kappa shape index (κ3) is 4.23. The summed E-state index contributed by atoms with van der Waals surface area (Å²) in [4.78, 5) is 37.5. The number of imide groups is 1. The number of rotatable bonds is 5. The van der Waals surface area contributed by atoms with Crippen LogP contribution in [0.4, 0.5) is 10.5 Å². The zero-order chi connectivity index (χ0) is 23.0. The molecule has 0 bridgehead atoms. The second-order valence-corrected chi connectivity index (χ2v) is 8.00. The smallest absolute Gasteiger partial charge is 0.329 e. The minimum absolute atomic E-state index is 0.00651. The fourth-order valence-electron chi connectivity index (χ4n) is 3.12. The van der Waals surface area contributed by atoms with Crippen molar-refractivity contribution in [1.82, 2.24) is 5.32 Å². The van der Waals surface area contributed by atoms with Gasteiger partial charge in [0, 0.05) is 10.6 Å². The standard InChI is InChI=1S/C22H13Cl3N2O5/c23-12-3-1-2-11(6-12)20(30)15-9-14(4-5-18(15)28)32-21-16(24)7-13(8-17(21)25)27-19(29)10-26-22(27)31/h1-9,28H,10H2,(H,26,31). The molecule has 0 spiro atoms. The molecule has 0 saturated carbocycles. The summed E-state index contributed by atoms with van der Waals surface area (Å²) < 4.78 is 5.76. The van der Waals surface area contributed by atoms with Gasteiger partial charge in [0.2, 0.25) is 0 Å². The lowest BCUT2D eigenvalue weighted by molar-refractivity contribution is -0.115. The van der Waals surface area contributed by atoms with Crippen molar-refractivity contribution < 1.29 is 24.2 Å². The molecule has 162 valence electrons. The van der Waals surface area contributed by atoms with Gasteiger partial charge in [0.05, 0.1) is 27.8 Å². The molecule has 0 atom stereocenters. The summed E-state index contributed by atoms with van der Waals surface area (Å²) in [6.45, 7) is -0.122. The van der Waals surface area contributed by atoms with Gasteiger partial charge in [0.15, 0.2) is 11.5 Å². The zero-order valence-electron chi connectivity index (χ0n) is 16.1. The Hall–Kier alpha value is -3.26. The summed E-state index contributed by atoms with van der Waals surface area (Å²) in [6, 6.07) is 12.5. The molecule has 4 rings (SSSR count). The Balaban J connectivity index is 1.65. The van der Waals surface area contributed by atoms with Crippen LogP contribution in [0.5, 0.6) is 17.2 Å². The number of carbonyl (C=O) groups is 3. The maximum absolute atomic E-state index is 12.8. The Labute approximate surface area is 197 Å². The third-order valence-electron chi connectivity index (χ3n) is 4.60. The van der Waals surface area contributed by atoms with E-state index in [1.165, 1.54) is 36.4 Å². The lowest BCUT2D eigenvalue weighted by Crippen LogP contribution is -2.30. The minimum Gasteiger partial charge on any atom is -0.507 e. The number of ether oxygens (including phenoxy) is 1. The number of benzene rings is 3. The van der Waals surface area contributed by atoms with Crippen molar-refractivity contribution in [2.75, 3.05) is 11.4 Å². The third-order valence-corrected chi connectivity index (χ3v) is 5.40. The quantitative estimate of drug-likeness (QED) is 0.366. The maximum atomic E-state index is 12.8. The van der Waals surface area contributed by atoms with Gasteiger partial charge in [-0.15, -0.1) is 0 Å². The highest BCUT2D eigenvalue weighted by molar-refractivity contribution is 6.38. The summed E-state index contributed by atoms with van der Waals surface area (Å²) in [5.74, 6) is -0.913. The first-order valence-electron chi connectivity index (χ1n) is 9.15. The molecule has 1 aliphatic heterocycles. The Morgan fingerprint density at radius 3 is 2.34 bits per heavy atom. The number of amides is 3. The van der Waals surface area contributed by atoms with E-state index in [4.69, 9.17) is 39.5 Å². The Morgan fingerprint density at radius 1 is 1.00 bits per heavy atom. The average Bonchev–Trinajstić information content (AvgIpc) is 3.09. The average molecular weight is 492 g/mol. The van der Waals surface area contributed by atoms with E-state index in [-0.39, 0.29) is 45.1 Å². The fourth-order valence-corrected chi connectivity index (χ4v) is 3.86. The van der Waals surface area contributed by atoms with Crippen molar-refractivity contribution in [3.05, 3.63) is 80.8 Å². The number of nitrogens with zero attached hydrogens (tertiary/aromatic N) is 1. The van der Waals surface area contributed by atoms with Gasteiger partial charge in [-0.05, 0) is 42.5 Å². The fraction of sp³-hybridized carbons (Fsp3) is 0.0455. The molecule has 0 radical (unpaired) electrons. The Kier molecular flexibility index (Phi) is 5.97. The van der Waals surface area contributed by atoms with Crippen LogP contribution in [-0.4, -0.2) is 29.4 Å². The van der Waals surface area contributed by atoms with Gasteiger partial charge in [-0.3, -0.25) is 9.59 Å². The lowest BCUT2D eigenvalue weighted by Gasteiger charge is -2.16. The number of hydrogen-bond donors (Lipinski definition) is 2. The number of aromatic hydroxyl groups is 1. The van der Waals surface area contributed by atoms with Gasteiger partial charge in [0.25, 0.3) is 5.91 Å². The van der Waals surface area contributed by atoms with Crippen molar-refractivity contribution in [3.63, 3.8) is 0 Å². The molecule has 10 heteroatoms. The van der Waals surface area contributed by atoms with E-state index in [9.17, 15) is 19.5 Å². The van der Waals surface area contributed by atoms with Gasteiger partial charge in [-0.1, -0.05) is 46.9 Å². The molecule has 3 amide bonds. The molecule has 1 heterocycles. The molecule has 2 N–H and O–H groups in total. The van der Waals surface area contributed by atoms with Gasteiger partial charge < -0.3 is 15.2 Å². The van der Waals surface area contributed by atoms with E-state index in [2.05, 4.69) is 5.32 Å². The van der Waals surface area contributed by atoms with Gasteiger partial charge in [0.1, 0.15) is 11.5 Å². The number of nitrogens with one attached hydrogen (secondary N) is 1. The van der Waals surface area contributed by atoms with Crippen LogP contribution in [0, 0.1) is 0 Å². The lowest BCUT2D eigenvalue weighted by atomic mass is 10.0. The summed E-state index contributed by atoms with van der Waals surface area (Å²) in [7, 11) is 0. The van der Waals surface area contributed by atoms with Crippen LogP contribution in [-0.2, 0) is 4.79 Å². The van der Waals surface area contributed by atoms with E-state index in [0.29, 0.717) is 10.6 Å². The molecule has 3 aromatic rings. The van der Waals surface area contributed by atoms with Crippen LogP contribution >= 0.6 is 34.8 Å². The van der Waals surface area contributed by atoms with Crippen LogP contribution in [0.2, 0.25) is 15.1 Å². The van der Waals surface area contributed by atoms with Crippen LogP contribution < -0.4 is 15.0 Å². The predicted molar refractivity (Wildman–Crippen MR) is 120 cm³/mol. The summed E-state index contributed by atoms with van der Waals surface area (Å²) in [5.41, 5.74) is 0.474. The highest BCUT2D eigenvalue weighted by Gasteiger charge is 2.31. The second-order valence-electron chi connectivity index (χ2n) is 6.75. The first-order chi connectivity index (χ1) is 15.2.